The molecule has 0 spiro atoms. The fourth-order valence-corrected chi connectivity index (χ4v) is 3.12. The number of nitrogens with one attached hydrogen (secondary N) is 1. The van der Waals surface area contributed by atoms with E-state index in [1.165, 1.54) is 22.8 Å². The Morgan fingerprint density at radius 2 is 2.00 bits per heavy atom. The van der Waals surface area contributed by atoms with Gasteiger partial charge in [0.25, 0.3) is 5.69 Å². The maximum Gasteiger partial charge on any atom is 0.419 e. The molecule has 0 unspecified atom stereocenters. The number of nitro benzene ring substituents is 1. The fraction of sp³-hybridized carbons (Fsp3) is 0.471. The van der Waals surface area contributed by atoms with Crippen LogP contribution >= 0.6 is 0 Å². The van der Waals surface area contributed by atoms with Gasteiger partial charge in [-0.2, -0.15) is 0 Å². The Hall–Kier alpha value is -3.17. The quantitative estimate of drug-likeness (QED) is 0.568. The van der Waals surface area contributed by atoms with Crippen molar-refractivity contribution in [3.63, 3.8) is 0 Å². The molecule has 2 heterocycles. The van der Waals surface area contributed by atoms with Gasteiger partial charge in [-0.15, -0.1) is 0 Å². The Labute approximate surface area is 153 Å². The van der Waals surface area contributed by atoms with Crippen LogP contribution in [0.2, 0.25) is 0 Å². The number of nitrogens with zero attached hydrogens (tertiary/aromatic N) is 3. The molecule has 144 valence electrons. The number of amides is 2. The molecule has 0 aliphatic carbocycles. The summed E-state index contributed by atoms with van der Waals surface area (Å²) in [6.07, 6.45) is 2.52. The summed E-state index contributed by atoms with van der Waals surface area (Å²) >= 11 is 0. The van der Waals surface area contributed by atoms with Crippen molar-refractivity contribution in [2.75, 3.05) is 19.6 Å². The van der Waals surface area contributed by atoms with Gasteiger partial charge in [0, 0.05) is 32.1 Å². The minimum absolute atomic E-state index is 0.0168. The third kappa shape index (κ3) is 4.33. The molecule has 1 aliphatic rings. The fourth-order valence-electron chi connectivity index (χ4n) is 3.12. The molecule has 2 aromatic rings. The number of hydrogen-bond donors (Lipinski definition) is 1. The molecule has 0 atom stereocenters. The third-order valence-electron chi connectivity index (χ3n) is 4.54. The van der Waals surface area contributed by atoms with E-state index in [4.69, 9.17) is 4.42 Å². The number of carbonyl (C=O) groups is 2. The average molecular weight is 376 g/mol. The van der Waals surface area contributed by atoms with Crippen LogP contribution in [0.5, 0.6) is 0 Å². The van der Waals surface area contributed by atoms with Crippen LogP contribution in [0.4, 0.5) is 5.69 Å². The first-order valence-electron chi connectivity index (χ1n) is 8.78. The lowest BCUT2D eigenvalue weighted by Crippen LogP contribution is -2.38. The van der Waals surface area contributed by atoms with E-state index in [0.29, 0.717) is 11.9 Å². The van der Waals surface area contributed by atoms with Gasteiger partial charge in [-0.1, -0.05) is 0 Å². The predicted molar refractivity (Wildman–Crippen MR) is 95.2 cm³/mol. The number of fused-ring (bicyclic) bond motifs is 1. The molecule has 1 fully saturated rings. The summed E-state index contributed by atoms with van der Waals surface area (Å²) in [5.41, 5.74) is 0.413. The number of aromatic nitrogens is 1. The van der Waals surface area contributed by atoms with Gasteiger partial charge < -0.3 is 14.6 Å². The minimum atomic E-state index is -0.630. The van der Waals surface area contributed by atoms with Gasteiger partial charge in [0.1, 0.15) is 0 Å². The topological polar surface area (TPSA) is 128 Å². The molecule has 27 heavy (non-hydrogen) atoms. The number of likely N-dealkylation sites (tertiary alicyclic amines) is 1. The molecular formula is C17H20N4O6. The molecule has 1 N–H and O–H groups in total. The lowest BCUT2D eigenvalue weighted by Gasteiger charge is -2.15. The van der Waals surface area contributed by atoms with Crippen molar-refractivity contribution in [1.82, 2.24) is 14.8 Å². The Balaban J connectivity index is 1.52. The normalized spacial score (nSPS) is 13.9. The van der Waals surface area contributed by atoms with Gasteiger partial charge in [0.15, 0.2) is 5.58 Å². The van der Waals surface area contributed by atoms with Gasteiger partial charge >= 0.3 is 5.76 Å². The van der Waals surface area contributed by atoms with E-state index in [1.54, 1.807) is 4.90 Å². The van der Waals surface area contributed by atoms with Crippen LogP contribution in [0, 0.1) is 10.1 Å². The van der Waals surface area contributed by atoms with Crippen molar-refractivity contribution < 1.29 is 18.9 Å². The standard InChI is InChI=1S/C17H20N4O6/c22-15(18-11-16(23)19-7-1-2-8-19)4-3-9-20-13-6-5-12(21(25)26)10-14(13)27-17(20)24/h5-6,10H,1-4,7-9,11H2,(H,18,22). The highest BCUT2D eigenvalue weighted by atomic mass is 16.6. The molecule has 0 bridgehead atoms. The molecular weight excluding hydrogens is 356 g/mol. The monoisotopic (exact) mass is 376 g/mol. The molecule has 1 aliphatic heterocycles. The van der Waals surface area contributed by atoms with Crippen LogP contribution in [0.15, 0.2) is 27.4 Å². The van der Waals surface area contributed by atoms with Crippen LogP contribution in [0.3, 0.4) is 0 Å². The highest BCUT2D eigenvalue weighted by Gasteiger charge is 2.18. The van der Waals surface area contributed by atoms with E-state index in [2.05, 4.69) is 5.32 Å². The van der Waals surface area contributed by atoms with Crippen molar-refractivity contribution in [3.8, 4) is 0 Å². The minimum Gasteiger partial charge on any atom is -0.407 e. The second-order valence-corrected chi connectivity index (χ2v) is 6.40. The van der Waals surface area contributed by atoms with E-state index in [-0.39, 0.29) is 42.6 Å². The van der Waals surface area contributed by atoms with Gasteiger partial charge in [-0.3, -0.25) is 24.3 Å². The summed E-state index contributed by atoms with van der Waals surface area (Å²) in [6.45, 7) is 1.70. The Morgan fingerprint density at radius 3 is 2.70 bits per heavy atom. The number of rotatable bonds is 7. The van der Waals surface area contributed by atoms with Crippen LogP contribution in [0.1, 0.15) is 25.7 Å². The van der Waals surface area contributed by atoms with E-state index in [0.717, 1.165) is 25.9 Å². The van der Waals surface area contributed by atoms with Crippen LogP contribution < -0.4 is 11.1 Å². The highest BCUT2D eigenvalue weighted by Crippen LogP contribution is 2.20. The number of non-ortho nitro benzene ring substituents is 1. The Bertz CT molecular complexity index is 925. The Kier molecular flexibility index (Phi) is 5.53. The van der Waals surface area contributed by atoms with Gasteiger partial charge in [-0.25, -0.2) is 4.79 Å². The average Bonchev–Trinajstić information content (AvgIpc) is 3.27. The zero-order chi connectivity index (χ0) is 19.4. The molecule has 3 rings (SSSR count). The number of carbonyl (C=O) groups excluding carboxylic acids is 2. The van der Waals surface area contributed by atoms with Gasteiger partial charge in [0.05, 0.1) is 23.1 Å². The molecule has 1 aromatic carbocycles. The summed E-state index contributed by atoms with van der Waals surface area (Å²) < 4.78 is 6.37. The summed E-state index contributed by atoms with van der Waals surface area (Å²) in [7, 11) is 0. The maximum absolute atomic E-state index is 11.9. The zero-order valence-electron chi connectivity index (χ0n) is 14.7. The van der Waals surface area contributed by atoms with Gasteiger partial charge in [-0.05, 0) is 25.3 Å². The lowest BCUT2D eigenvalue weighted by atomic mass is 10.2. The SMILES string of the molecule is O=C(CCCn1c(=O)oc2cc([N+](=O)[O-])ccc21)NCC(=O)N1CCCC1. The molecule has 1 saturated heterocycles. The molecule has 1 aromatic heterocycles. The van der Waals surface area contributed by atoms with Crippen molar-refractivity contribution in [2.24, 2.45) is 0 Å². The van der Waals surface area contributed by atoms with Crippen LogP contribution in [0.25, 0.3) is 11.1 Å². The Morgan fingerprint density at radius 1 is 1.26 bits per heavy atom. The second-order valence-electron chi connectivity index (χ2n) is 6.40. The molecule has 0 radical (unpaired) electrons. The summed E-state index contributed by atoms with van der Waals surface area (Å²) in [4.78, 5) is 47.7. The largest absolute Gasteiger partial charge is 0.419 e. The number of benzene rings is 1. The van der Waals surface area contributed by atoms with Crippen LogP contribution in [-0.2, 0) is 16.1 Å². The lowest BCUT2D eigenvalue weighted by molar-refractivity contribution is -0.384. The summed E-state index contributed by atoms with van der Waals surface area (Å²) in [5, 5.41) is 13.4. The van der Waals surface area contributed by atoms with E-state index in [9.17, 15) is 24.5 Å². The number of oxazole rings is 1. The molecule has 10 nitrogen and oxygen atoms in total. The molecule has 10 heteroatoms. The zero-order valence-corrected chi connectivity index (χ0v) is 14.7. The maximum atomic E-state index is 11.9. The summed E-state index contributed by atoms with van der Waals surface area (Å²) in [6, 6.07) is 3.95. The van der Waals surface area contributed by atoms with Gasteiger partial charge in [0.2, 0.25) is 11.8 Å². The van der Waals surface area contributed by atoms with E-state index in [1.807, 2.05) is 0 Å². The number of nitro groups is 1. The second kappa shape index (κ2) is 8.02. The van der Waals surface area contributed by atoms with Crippen molar-refractivity contribution in [2.45, 2.75) is 32.2 Å². The molecule has 2 amide bonds. The first-order chi connectivity index (χ1) is 13.0. The van der Waals surface area contributed by atoms with Crippen molar-refractivity contribution >= 4 is 28.6 Å². The van der Waals surface area contributed by atoms with E-state index >= 15 is 0 Å². The first kappa shape index (κ1) is 18.6. The summed E-state index contributed by atoms with van der Waals surface area (Å²) in [5.74, 6) is -0.978. The molecule has 0 saturated carbocycles. The van der Waals surface area contributed by atoms with Crippen molar-refractivity contribution in [3.05, 3.63) is 38.9 Å². The smallest absolute Gasteiger partial charge is 0.407 e. The van der Waals surface area contributed by atoms with Crippen LogP contribution in [-0.4, -0.2) is 45.8 Å². The highest BCUT2D eigenvalue weighted by molar-refractivity contribution is 5.84. The number of aryl methyl sites for hydroxylation is 1. The van der Waals surface area contributed by atoms with Crippen molar-refractivity contribution in [1.29, 1.82) is 0 Å². The van der Waals surface area contributed by atoms with E-state index < -0.39 is 10.7 Å². The predicted octanol–water partition coefficient (Wildman–Crippen LogP) is 1.02. The third-order valence-corrected chi connectivity index (χ3v) is 4.54. The first-order valence-corrected chi connectivity index (χ1v) is 8.78. The number of hydrogen-bond acceptors (Lipinski definition) is 6.